The van der Waals surface area contributed by atoms with Gasteiger partial charge in [-0.25, -0.2) is 5.43 Å². The van der Waals surface area contributed by atoms with Gasteiger partial charge >= 0.3 is 0 Å². The van der Waals surface area contributed by atoms with Gasteiger partial charge in [-0.1, -0.05) is 0 Å². The molecule has 0 fully saturated rings. The van der Waals surface area contributed by atoms with E-state index < -0.39 is 5.91 Å². The Labute approximate surface area is 168 Å². The van der Waals surface area contributed by atoms with E-state index in [4.69, 9.17) is 14.2 Å². The van der Waals surface area contributed by atoms with Crippen molar-refractivity contribution in [1.82, 2.24) is 15.6 Å². The monoisotopic (exact) mass is 394 g/mol. The lowest BCUT2D eigenvalue weighted by Crippen LogP contribution is -2.17. The average Bonchev–Trinajstić information content (AvgIpc) is 3.25. The van der Waals surface area contributed by atoms with Crippen molar-refractivity contribution in [2.24, 2.45) is 5.10 Å². The molecule has 150 valence electrons. The number of methoxy groups -OCH3 is 2. The predicted octanol–water partition coefficient (Wildman–Crippen LogP) is 3.26. The minimum absolute atomic E-state index is 0.291. The van der Waals surface area contributed by atoms with Gasteiger partial charge in [0.1, 0.15) is 11.4 Å². The standard InChI is InChI=1S/C21H22N4O4/c1-4-29-19-10-7-15(11-20(19)28-3)17-12-18(24-23-17)21(26)25-22-13-14-5-8-16(27-2)9-6-14/h5-13H,4H2,1-3H3,(H,23,24)(H,25,26)/b22-13+. The summed E-state index contributed by atoms with van der Waals surface area (Å²) in [5.74, 6) is 1.61. The second-order valence-electron chi connectivity index (χ2n) is 5.94. The van der Waals surface area contributed by atoms with Gasteiger partial charge in [0.2, 0.25) is 0 Å². The van der Waals surface area contributed by atoms with Crippen molar-refractivity contribution in [2.75, 3.05) is 20.8 Å². The van der Waals surface area contributed by atoms with Crippen molar-refractivity contribution in [3.63, 3.8) is 0 Å². The smallest absolute Gasteiger partial charge is 0.289 e. The highest BCUT2D eigenvalue weighted by Crippen LogP contribution is 2.32. The fourth-order valence-corrected chi connectivity index (χ4v) is 2.60. The van der Waals surface area contributed by atoms with Crippen LogP contribution in [-0.4, -0.2) is 43.1 Å². The molecule has 0 aliphatic rings. The summed E-state index contributed by atoms with van der Waals surface area (Å²) in [5.41, 5.74) is 5.00. The Hall–Kier alpha value is -3.81. The highest BCUT2D eigenvalue weighted by atomic mass is 16.5. The SMILES string of the molecule is CCOc1ccc(-c2cc(C(=O)N/N=C/c3ccc(OC)cc3)[nH]n2)cc1OC. The summed E-state index contributed by atoms with van der Waals surface area (Å²) in [4.78, 5) is 12.3. The van der Waals surface area contributed by atoms with Crippen LogP contribution in [0, 0.1) is 0 Å². The number of hydrogen-bond donors (Lipinski definition) is 2. The third-order valence-electron chi connectivity index (χ3n) is 4.08. The van der Waals surface area contributed by atoms with Crippen LogP contribution in [0.3, 0.4) is 0 Å². The van der Waals surface area contributed by atoms with E-state index >= 15 is 0 Å². The van der Waals surface area contributed by atoms with Crippen LogP contribution < -0.4 is 19.6 Å². The largest absolute Gasteiger partial charge is 0.497 e. The summed E-state index contributed by atoms with van der Waals surface area (Å²) < 4.78 is 16.0. The summed E-state index contributed by atoms with van der Waals surface area (Å²) in [5, 5.41) is 10.9. The number of aromatic nitrogens is 2. The predicted molar refractivity (Wildman–Crippen MR) is 110 cm³/mol. The van der Waals surface area contributed by atoms with Crippen LogP contribution in [0.1, 0.15) is 23.0 Å². The summed E-state index contributed by atoms with van der Waals surface area (Å²) in [6, 6.07) is 14.4. The van der Waals surface area contributed by atoms with Crippen molar-refractivity contribution in [3.05, 3.63) is 59.8 Å². The van der Waals surface area contributed by atoms with Crippen LogP contribution in [0.25, 0.3) is 11.3 Å². The third-order valence-corrected chi connectivity index (χ3v) is 4.08. The number of ether oxygens (including phenoxy) is 3. The van der Waals surface area contributed by atoms with E-state index in [0.717, 1.165) is 16.9 Å². The average molecular weight is 394 g/mol. The molecule has 0 aliphatic carbocycles. The lowest BCUT2D eigenvalue weighted by Gasteiger charge is -2.09. The lowest BCUT2D eigenvalue weighted by molar-refractivity contribution is 0.0950. The highest BCUT2D eigenvalue weighted by Gasteiger charge is 2.13. The third kappa shape index (κ3) is 4.92. The Bertz CT molecular complexity index is 996. The number of nitrogens with zero attached hydrogens (tertiary/aromatic N) is 2. The van der Waals surface area contributed by atoms with Crippen molar-refractivity contribution in [3.8, 4) is 28.5 Å². The molecule has 2 aromatic carbocycles. The minimum atomic E-state index is -0.397. The summed E-state index contributed by atoms with van der Waals surface area (Å²) in [6.45, 7) is 2.45. The van der Waals surface area contributed by atoms with Crippen LogP contribution in [0.5, 0.6) is 17.2 Å². The Balaban J connectivity index is 1.67. The fourth-order valence-electron chi connectivity index (χ4n) is 2.60. The van der Waals surface area contributed by atoms with E-state index in [0.29, 0.717) is 29.5 Å². The number of aromatic amines is 1. The molecule has 0 saturated carbocycles. The quantitative estimate of drug-likeness (QED) is 0.451. The molecule has 1 amide bonds. The highest BCUT2D eigenvalue weighted by molar-refractivity contribution is 5.94. The first-order valence-corrected chi connectivity index (χ1v) is 8.98. The zero-order valence-corrected chi connectivity index (χ0v) is 16.4. The van der Waals surface area contributed by atoms with Crippen LogP contribution in [0.2, 0.25) is 0 Å². The Morgan fingerprint density at radius 3 is 2.59 bits per heavy atom. The topological polar surface area (TPSA) is 97.8 Å². The van der Waals surface area contributed by atoms with E-state index in [1.165, 1.54) is 0 Å². The van der Waals surface area contributed by atoms with Gasteiger partial charge in [0, 0.05) is 5.56 Å². The van der Waals surface area contributed by atoms with Gasteiger partial charge in [-0.2, -0.15) is 10.2 Å². The molecule has 0 aliphatic heterocycles. The summed E-state index contributed by atoms with van der Waals surface area (Å²) in [7, 11) is 3.18. The Morgan fingerprint density at radius 2 is 1.90 bits per heavy atom. The maximum atomic E-state index is 12.3. The molecule has 0 spiro atoms. The number of carbonyl (C=O) groups is 1. The van der Waals surface area contributed by atoms with E-state index in [9.17, 15) is 4.79 Å². The molecule has 0 saturated heterocycles. The second-order valence-corrected chi connectivity index (χ2v) is 5.94. The van der Waals surface area contributed by atoms with Crippen molar-refractivity contribution in [2.45, 2.75) is 6.92 Å². The van der Waals surface area contributed by atoms with Gasteiger partial charge < -0.3 is 14.2 Å². The Morgan fingerprint density at radius 1 is 1.10 bits per heavy atom. The normalized spacial score (nSPS) is 10.7. The van der Waals surface area contributed by atoms with Crippen molar-refractivity contribution < 1.29 is 19.0 Å². The summed E-state index contributed by atoms with van der Waals surface area (Å²) >= 11 is 0. The minimum Gasteiger partial charge on any atom is -0.497 e. The lowest BCUT2D eigenvalue weighted by atomic mass is 10.1. The van der Waals surface area contributed by atoms with Crippen LogP contribution in [0.4, 0.5) is 0 Å². The number of hydrazone groups is 1. The molecule has 1 heterocycles. The van der Waals surface area contributed by atoms with Gasteiger partial charge in [-0.3, -0.25) is 9.89 Å². The number of rotatable bonds is 8. The number of amides is 1. The fraction of sp³-hybridized carbons (Fsp3) is 0.190. The first-order valence-electron chi connectivity index (χ1n) is 8.98. The van der Waals surface area contributed by atoms with Gasteiger partial charge in [-0.15, -0.1) is 0 Å². The molecule has 3 aromatic rings. The Kier molecular flexibility index (Phi) is 6.47. The van der Waals surface area contributed by atoms with Crippen LogP contribution >= 0.6 is 0 Å². The van der Waals surface area contributed by atoms with Gasteiger partial charge in [-0.05, 0) is 61.0 Å². The number of nitrogens with one attached hydrogen (secondary N) is 2. The molecule has 3 rings (SSSR count). The molecule has 1 aromatic heterocycles. The first-order chi connectivity index (χ1) is 14.1. The number of carbonyl (C=O) groups excluding carboxylic acids is 1. The molecule has 0 atom stereocenters. The maximum absolute atomic E-state index is 12.3. The van der Waals surface area contributed by atoms with Crippen LogP contribution in [0.15, 0.2) is 53.6 Å². The zero-order valence-electron chi connectivity index (χ0n) is 16.4. The molecule has 8 nitrogen and oxygen atoms in total. The van der Waals surface area contributed by atoms with Gasteiger partial charge in [0.05, 0.1) is 32.7 Å². The molecule has 0 unspecified atom stereocenters. The van der Waals surface area contributed by atoms with Crippen molar-refractivity contribution >= 4 is 12.1 Å². The van der Waals surface area contributed by atoms with E-state index in [1.807, 2.05) is 49.4 Å². The molecule has 0 bridgehead atoms. The molecule has 0 radical (unpaired) electrons. The van der Waals surface area contributed by atoms with E-state index in [1.54, 1.807) is 26.5 Å². The first kappa shape index (κ1) is 19.9. The molecule has 8 heteroatoms. The van der Waals surface area contributed by atoms with Gasteiger partial charge in [0.15, 0.2) is 11.5 Å². The number of benzene rings is 2. The zero-order chi connectivity index (χ0) is 20.6. The molecule has 2 N–H and O–H groups in total. The number of hydrogen-bond acceptors (Lipinski definition) is 6. The van der Waals surface area contributed by atoms with Crippen LogP contribution in [-0.2, 0) is 0 Å². The van der Waals surface area contributed by atoms with Gasteiger partial charge in [0.25, 0.3) is 5.91 Å². The van der Waals surface area contributed by atoms with Crippen molar-refractivity contribution in [1.29, 1.82) is 0 Å². The maximum Gasteiger partial charge on any atom is 0.289 e. The summed E-state index contributed by atoms with van der Waals surface area (Å²) in [6.07, 6.45) is 1.55. The molecule has 29 heavy (non-hydrogen) atoms. The van der Waals surface area contributed by atoms with E-state index in [2.05, 4.69) is 20.7 Å². The number of H-pyrrole nitrogens is 1. The molecular weight excluding hydrogens is 372 g/mol. The molecular formula is C21H22N4O4. The second kappa shape index (κ2) is 9.41. The van der Waals surface area contributed by atoms with E-state index in [-0.39, 0.29) is 0 Å².